The molecule has 1 aliphatic rings. The number of amides is 1. The third-order valence-corrected chi connectivity index (χ3v) is 5.14. The molecule has 2 aromatic rings. The van der Waals surface area contributed by atoms with Crippen LogP contribution in [0, 0.1) is 0 Å². The van der Waals surface area contributed by atoms with Crippen LogP contribution in [0.4, 0.5) is 0 Å². The molecule has 5 nitrogen and oxygen atoms in total. The first kappa shape index (κ1) is 18.0. The van der Waals surface area contributed by atoms with Gasteiger partial charge in [-0.3, -0.25) is 9.69 Å². The molecule has 0 atom stereocenters. The van der Waals surface area contributed by atoms with E-state index in [0.29, 0.717) is 34.6 Å². The molecule has 1 amide bonds. The molecule has 25 heavy (non-hydrogen) atoms. The first-order valence-corrected chi connectivity index (χ1v) is 8.79. The molecule has 7 heteroatoms. The van der Waals surface area contributed by atoms with Crippen LogP contribution in [-0.2, 0) is 6.54 Å². The Kier molecular flexibility index (Phi) is 5.78. The van der Waals surface area contributed by atoms with E-state index in [4.69, 9.17) is 27.9 Å². The van der Waals surface area contributed by atoms with E-state index in [1.165, 1.54) is 7.11 Å². The molecule has 0 aliphatic carbocycles. The maximum Gasteiger partial charge on any atom is 0.259 e. The van der Waals surface area contributed by atoms with E-state index in [0.717, 1.165) is 25.2 Å². The molecule has 1 aliphatic heterocycles. The number of methoxy groups -OCH3 is 1. The van der Waals surface area contributed by atoms with Crippen molar-refractivity contribution in [2.24, 2.45) is 0 Å². The van der Waals surface area contributed by atoms with Crippen LogP contribution in [0.25, 0.3) is 0 Å². The SMILES string of the molecule is COc1ncccc1C(=O)N1CCN(Cc2cccc(Cl)c2Cl)CC1. The van der Waals surface area contributed by atoms with E-state index < -0.39 is 0 Å². The fourth-order valence-electron chi connectivity index (χ4n) is 2.91. The highest BCUT2D eigenvalue weighted by Gasteiger charge is 2.25. The quantitative estimate of drug-likeness (QED) is 0.816. The van der Waals surface area contributed by atoms with Gasteiger partial charge in [0.25, 0.3) is 5.91 Å². The van der Waals surface area contributed by atoms with Gasteiger partial charge < -0.3 is 9.64 Å². The predicted molar refractivity (Wildman–Crippen MR) is 98.4 cm³/mol. The lowest BCUT2D eigenvalue weighted by Crippen LogP contribution is -2.48. The maximum atomic E-state index is 12.7. The molecule has 0 saturated carbocycles. The number of halogens is 2. The number of ether oxygens (including phenoxy) is 1. The standard InChI is InChI=1S/C18H19Cl2N3O2/c1-25-17-14(5-3-7-21-17)18(24)23-10-8-22(9-11-23)12-13-4-2-6-15(19)16(13)20/h2-7H,8-12H2,1H3. The molecule has 2 heterocycles. The first-order chi connectivity index (χ1) is 12.1. The number of rotatable bonds is 4. The molecule has 0 bridgehead atoms. The van der Waals surface area contributed by atoms with Gasteiger partial charge in [-0.15, -0.1) is 0 Å². The molecular weight excluding hydrogens is 361 g/mol. The lowest BCUT2D eigenvalue weighted by Gasteiger charge is -2.35. The summed E-state index contributed by atoms with van der Waals surface area (Å²) in [6.45, 7) is 3.57. The number of pyridine rings is 1. The zero-order chi connectivity index (χ0) is 17.8. The maximum absolute atomic E-state index is 12.7. The number of piperazine rings is 1. The minimum atomic E-state index is -0.0506. The lowest BCUT2D eigenvalue weighted by atomic mass is 10.1. The van der Waals surface area contributed by atoms with E-state index in [1.807, 2.05) is 17.0 Å². The zero-order valence-corrected chi connectivity index (χ0v) is 15.4. The summed E-state index contributed by atoms with van der Waals surface area (Å²) in [5.74, 6) is 0.311. The highest BCUT2D eigenvalue weighted by atomic mass is 35.5. The van der Waals surface area contributed by atoms with Crippen LogP contribution < -0.4 is 4.74 Å². The molecule has 1 aromatic heterocycles. The monoisotopic (exact) mass is 379 g/mol. The van der Waals surface area contributed by atoms with Crippen molar-refractivity contribution in [2.75, 3.05) is 33.3 Å². The van der Waals surface area contributed by atoms with Gasteiger partial charge in [-0.2, -0.15) is 0 Å². The average molecular weight is 380 g/mol. The van der Waals surface area contributed by atoms with Gasteiger partial charge in [-0.05, 0) is 23.8 Å². The molecule has 132 valence electrons. The largest absolute Gasteiger partial charge is 0.480 e. The smallest absolute Gasteiger partial charge is 0.259 e. The Hall–Kier alpha value is -1.82. The minimum Gasteiger partial charge on any atom is -0.480 e. The number of carbonyl (C=O) groups is 1. The molecule has 0 unspecified atom stereocenters. The number of carbonyl (C=O) groups excluding carboxylic acids is 1. The van der Waals surface area contributed by atoms with Crippen molar-refractivity contribution in [3.8, 4) is 5.88 Å². The number of aromatic nitrogens is 1. The van der Waals surface area contributed by atoms with E-state index in [9.17, 15) is 4.79 Å². The highest BCUT2D eigenvalue weighted by molar-refractivity contribution is 6.42. The van der Waals surface area contributed by atoms with Crippen LogP contribution in [0.15, 0.2) is 36.5 Å². The molecule has 0 N–H and O–H groups in total. The molecule has 1 saturated heterocycles. The summed E-state index contributed by atoms with van der Waals surface area (Å²) in [5, 5.41) is 1.17. The van der Waals surface area contributed by atoms with Gasteiger partial charge in [-0.1, -0.05) is 35.3 Å². The second-order valence-corrected chi connectivity index (χ2v) is 6.63. The fourth-order valence-corrected chi connectivity index (χ4v) is 3.29. The molecule has 3 rings (SSSR count). The Morgan fingerprint density at radius 1 is 1.16 bits per heavy atom. The second-order valence-electron chi connectivity index (χ2n) is 5.84. The van der Waals surface area contributed by atoms with Crippen LogP contribution in [0.1, 0.15) is 15.9 Å². The van der Waals surface area contributed by atoms with Crippen LogP contribution in [0.2, 0.25) is 10.0 Å². The van der Waals surface area contributed by atoms with E-state index in [1.54, 1.807) is 24.4 Å². The number of benzene rings is 1. The lowest BCUT2D eigenvalue weighted by molar-refractivity contribution is 0.0624. The Labute approximate surface area is 157 Å². The fraction of sp³-hybridized carbons (Fsp3) is 0.333. The highest BCUT2D eigenvalue weighted by Crippen LogP contribution is 2.27. The van der Waals surface area contributed by atoms with Gasteiger partial charge in [-0.25, -0.2) is 4.98 Å². The second kappa shape index (κ2) is 8.04. The Morgan fingerprint density at radius 3 is 2.64 bits per heavy atom. The Balaban J connectivity index is 1.62. The third kappa shape index (κ3) is 4.06. The van der Waals surface area contributed by atoms with Crippen molar-refractivity contribution in [2.45, 2.75) is 6.54 Å². The van der Waals surface area contributed by atoms with Gasteiger partial charge in [0, 0.05) is 38.9 Å². The van der Waals surface area contributed by atoms with Crippen molar-refractivity contribution in [3.63, 3.8) is 0 Å². The number of nitrogens with zero attached hydrogens (tertiary/aromatic N) is 3. The van der Waals surface area contributed by atoms with Gasteiger partial charge in [0.15, 0.2) is 0 Å². The summed E-state index contributed by atoms with van der Waals surface area (Å²) in [7, 11) is 1.52. The summed E-state index contributed by atoms with van der Waals surface area (Å²) in [6.07, 6.45) is 1.61. The normalized spacial score (nSPS) is 15.2. The number of hydrogen-bond acceptors (Lipinski definition) is 4. The van der Waals surface area contributed by atoms with Crippen LogP contribution in [-0.4, -0.2) is 54.0 Å². The molecular formula is C18H19Cl2N3O2. The van der Waals surface area contributed by atoms with Crippen LogP contribution >= 0.6 is 23.2 Å². The van der Waals surface area contributed by atoms with Crippen LogP contribution in [0.5, 0.6) is 5.88 Å². The Morgan fingerprint density at radius 2 is 1.92 bits per heavy atom. The molecule has 1 fully saturated rings. The summed E-state index contributed by atoms with van der Waals surface area (Å²) >= 11 is 12.3. The minimum absolute atomic E-state index is 0.0506. The van der Waals surface area contributed by atoms with Crippen molar-refractivity contribution in [1.82, 2.24) is 14.8 Å². The summed E-state index contributed by atoms with van der Waals surface area (Å²) < 4.78 is 5.19. The molecule has 0 spiro atoms. The Bertz CT molecular complexity index is 762. The summed E-state index contributed by atoms with van der Waals surface area (Å²) in [4.78, 5) is 20.9. The van der Waals surface area contributed by atoms with Gasteiger partial charge >= 0.3 is 0 Å². The van der Waals surface area contributed by atoms with E-state index >= 15 is 0 Å². The molecule has 0 radical (unpaired) electrons. The zero-order valence-electron chi connectivity index (χ0n) is 13.9. The number of hydrogen-bond donors (Lipinski definition) is 0. The van der Waals surface area contributed by atoms with Crippen molar-refractivity contribution >= 4 is 29.1 Å². The predicted octanol–water partition coefficient (Wildman–Crippen LogP) is 3.36. The van der Waals surface area contributed by atoms with Gasteiger partial charge in [0.1, 0.15) is 5.56 Å². The summed E-state index contributed by atoms with van der Waals surface area (Å²) in [6, 6.07) is 9.15. The third-order valence-electron chi connectivity index (χ3n) is 4.28. The topological polar surface area (TPSA) is 45.7 Å². The van der Waals surface area contributed by atoms with Crippen molar-refractivity contribution in [3.05, 3.63) is 57.7 Å². The average Bonchev–Trinajstić information content (AvgIpc) is 2.65. The van der Waals surface area contributed by atoms with Gasteiger partial charge in [0.2, 0.25) is 5.88 Å². The summed E-state index contributed by atoms with van der Waals surface area (Å²) in [5.41, 5.74) is 1.50. The van der Waals surface area contributed by atoms with E-state index in [2.05, 4.69) is 9.88 Å². The van der Waals surface area contributed by atoms with Gasteiger partial charge in [0.05, 0.1) is 17.2 Å². The first-order valence-electron chi connectivity index (χ1n) is 8.03. The van der Waals surface area contributed by atoms with Crippen LogP contribution in [0.3, 0.4) is 0 Å². The molecule has 1 aromatic carbocycles. The van der Waals surface area contributed by atoms with Crippen molar-refractivity contribution < 1.29 is 9.53 Å². The van der Waals surface area contributed by atoms with E-state index in [-0.39, 0.29) is 5.91 Å². The van der Waals surface area contributed by atoms with Crippen molar-refractivity contribution in [1.29, 1.82) is 0 Å².